The molecule has 0 saturated carbocycles. The van der Waals surface area contributed by atoms with Gasteiger partial charge in [-0.25, -0.2) is 0 Å². The molecule has 2 aromatic carbocycles. The van der Waals surface area contributed by atoms with Crippen LogP contribution in [0.5, 0.6) is 11.5 Å². The van der Waals surface area contributed by atoms with E-state index in [0.29, 0.717) is 18.5 Å². The smallest absolute Gasteiger partial charge is 0.244 e. The van der Waals surface area contributed by atoms with Gasteiger partial charge in [-0.05, 0) is 47.9 Å². The minimum absolute atomic E-state index is 0.0788. The monoisotopic (exact) mass is 437 g/mol. The fourth-order valence-electron chi connectivity index (χ4n) is 2.04. The van der Waals surface area contributed by atoms with Gasteiger partial charge in [-0.3, -0.25) is 9.59 Å². The topological polar surface area (TPSA) is 86.6 Å². The third kappa shape index (κ3) is 5.38. The molecule has 2 rings (SSSR count). The van der Waals surface area contributed by atoms with Crippen LogP contribution in [0.3, 0.4) is 0 Å². The van der Waals surface area contributed by atoms with Gasteiger partial charge < -0.3 is 15.5 Å². The molecule has 0 heterocycles. The first-order chi connectivity index (χ1) is 11.5. The summed E-state index contributed by atoms with van der Waals surface area (Å²) in [5.74, 6) is -0.113. The Morgan fingerprint density at radius 1 is 1.08 bits per heavy atom. The van der Waals surface area contributed by atoms with Gasteiger partial charge in [0.15, 0.2) is 0 Å². The molecule has 0 atom stereocenters. The maximum Gasteiger partial charge on any atom is 0.244 e. The van der Waals surface area contributed by atoms with E-state index in [2.05, 4.69) is 5.32 Å². The zero-order valence-electron chi connectivity index (χ0n) is 12.7. The molecule has 1 amide bonds. The average molecular weight is 437 g/mol. The van der Waals surface area contributed by atoms with Crippen molar-refractivity contribution in [2.75, 3.05) is 6.54 Å². The Balaban J connectivity index is 1.87. The molecule has 124 valence electrons. The lowest BCUT2D eigenvalue weighted by Crippen LogP contribution is -2.23. The Morgan fingerprint density at radius 3 is 2.46 bits per heavy atom. The quantitative estimate of drug-likeness (QED) is 0.369. The minimum atomic E-state index is -0.265. The average Bonchev–Trinajstić information content (AvgIpc) is 2.55. The fourth-order valence-corrected chi connectivity index (χ4v) is 2.47. The molecule has 3 N–H and O–H groups in total. The maximum absolute atomic E-state index is 11.8. The maximum atomic E-state index is 11.8. The van der Waals surface area contributed by atoms with Gasteiger partial charge in [-0.2, -0.15) is 0 Å². The Bertz CT molecular complexity index is 769. The molecule has 2 aromatic rings. The molecule has 0 aliphatic carbocycles. The van der Waals surface area contributed by atoms with Gasteiger partial charge in [0.2, 0.25) is 9.70 Å². The zero-order chi connectivity index (χ0) is 17.5. The molecule has 0 aromatic heterocycles. The van der Waals surface area contributed by atoms with Crippen LogP contribution >= 0.6 is 22.6 Å². The third-order valence-corrected chi connectivity index (χ3v) is 3.89. The lowest BCUT2D eigenvalue weighted by Gasteiger charge is -2.03. The summed E-state index contributed by atoms with van der Waals surface area (Å²) >= 11 is 1.60. The van der Waals surface area contributed by atoms with Crippen molar-refractivity contribution < 1.29 is 19.8 Å². The summed E-state index contributed by atoms with van der Waals surface area (Å²) in [7, 11) is 0. The molecule has 24 heavy (non-hydrogen) atoms. The highest BCUT2D eigenvalue weighted by atomic mass is 127. The number of hydrogen-bond acceptors (Lipinski definition) is 4. The number of halogens is 1. The first-order valence-electron chi connectivity index (χ1n) is 7.22. The van der Waals surface area contributed by atoms with Crippen LogP contribution in [0, 0.1) is 0 Å². The second-order valence-corrected chi connectivity index (χ2v) is 6.07. The third-order valence-electron chi connectivity index (χ3n) is 3.31. The van der Waals surface area contributed by atoms with Crippen LogP contribution < -0.4 is 5.32 Å². The number of amides is 1. The van der Waals surface area contributed by atoms with Crippen LogP contribution in [-0.2, 0) is 11.2 Å². The van der Waals surface area contributed by atoms with Gasteiger partial charge in [-0.15, -0.1) is 0 Å². The Kier molecular flexibility index (Phi) is 6.36. The van der Waals surface area contributed by atoms with E-state index in [1.165, 1.54) is 18.2 Å². The van der Waals surface area contributed by atoms with Gasteiger partial charge in [-0.1, -0.05) is 18.2 Å². The molecule has 0 radical (unpaired) electrons. The van der Waals surface area contributed by atoms with Crippen LogP contribution in [0.15, 0.2) is 48.5 Å². The van der Waals surface area contributed by atoms with E-state index in [-0.39, 0.29) is 26.8 Å². The Hall–Kier alpha value is -2.35. The summed E-state index contributed by atoms with van der Waals surface area (Å²) in [4.78, 5) is 23.2. The van der Waals surface area contributed by atoms with E-state index >= 15 is 0 Å². The van der Waals surface area contributed by atoms with E-state index in [9.17, 15) is 19.8 Å². The summed E-state index contributed by atoms with van der Waals surface area (Å²) < 4.78 is -0.265. The fraction of sp³-hybridized carbons (Fsp3) is 0.111. The summed E-state index contributed by atoms with van der Waals surface area (Å²) in [5.41, 5.74) is 1.88. The lowest BCUT2D eigenvalue weighted by atomic mass is 10.1. The summed E-state index contributed by atoms with van der Waals surface area (Å²) in [5, 5.41) is 21.5. The molecule has 0 bridgehead atoms. The van der Waals surface area contributed by atoms with Crippen LogP contribution in [0.4, 0.5) is 0 Å². The van der Waals surface area contributed by atoms with Crippen LogP contribution in [-0.4, -0.2) is 26.5 Å². The summed E-state index contributed by atoms with van der Waals surface area (Å²) in [6, 6.07) is 11.4. The molecule has 0 unspecified atom stereocenters. The summed E-state index contributed by atoms with van der Waals surface area (Å²) in [6.45, 7) is 0.473. The second-order valence-electron chi connectivity index (χ2n) is 5.09. The van der Waals surface area contributed by atoms with Crippen molar-refractivity contribution in [3.63, 3.8) is 0 Å². The first-order valence-corrected chi connectivity index (χ1v) is 8.30. The number of carbonyl (C=O) groups is 2. The normalized spacial score (nSPS) is 10.7. The molecular formula is C18H16INO4. The Morgan fingerprint density at radius 2 is 1.79 bits per heavy atom. The zero-order valence-corrected chi connectivity index (χ0v) is 14.9. The van der Waals surface area contributed by atoms with Crippen LogP contribution in [0.2, 0.25) is 0 Å². The molecule has 0 saturated heterocycles. The van der Waals surface area contributed by atoms with Gasteiger partial charge in [0.05, 0.1) is 5.56 Å². The molecule has 5 nitrogen and oxygen atoms in total. The van der Waals surface area contributed by atoms with Crippen molar-refractivity contribution in [3.05, 3.63) is 65.2 Å². The van der Waals surface area contributed by atoms with Crippen molar-refractivity contribution in [3.8, 4) is 11.5 Å². The molecule has 6 heteroatoms. The number of benzene rings is 2. The minimum Gasteiger partial charge on any atom is -0.508 e. The van der Waals surface area contributed by atoms with Gasteiger partial charge in [0.25, 0.3) is 0 Å². The van der Waals surface area contributed by atoms with E-state index < -0.39 is 0 Å². The van der Waals surface area contributed by atoms with Gasteiger partial charge in [0.1, 0.15) is 11.5 Å². The predicted octanol–water partition coefficient (Wildman–Crippen LogP) is 3.05. The number of phenols is 2. The summed E-state index contributed by atoms with van der Waals surface area (Å²) in [6.07, 6.45) is 3.62. The molecule has 0 aliphatic rings. The molecular weight excluding hydrogens is 421 g/mol. The van der Waals surface area contributed by atoms with Crippen molar-refractivity contribution in [2.45, 2.75) is 6.42 Å². The number of nitrogens with one attached hydrogen (secondary N) is 1. The highest BCUT2D eigenvalue weighted by Gasteiger charge is 2.07. The number of aromatic hydroxyl groups is 2. The van der Waals surface area contributed by atoms with E-state index in [1.807, 2.05) is 0 Å². The van der Waals surface area contributed by atoms with E-state index in [1.54, 1.807) is 59.0 Å². The van der Waals surface area contributed by atoms with Crippen molar-refractivity contribution in [2.24, 2.45) is 0 Å². The highest BCUT2D eigenvalue weighted by molar-refractivity contribution is 14.1. The van der Waals surface area contributed by atoms with Crippen LogP contribution in [0.25, 0.3) is 6.08 Å². The first kappa shape index (κ1) is 18.0. The van der Waals surface area contributed by atoms with E-state index in [0.717, 1.165) is 5.56 Å². The van der Waals surface area contributed by atoms with Crippen molar-refractivity contribution in [1.82, 2.24) is 5.32 Å². The number of carbonyl (C=O) groups excluding carboxylic acids is 2. The predicted molar refractivity (Wildman–Crippen MR) is 100 cm³/mol. The Labute approximate surface area is 153 Å². The largest absolute Gasteiger partial charge is 0.508 e. The molecule has 0 spiro atoms. The number of hydrogen-bond donors (Lipinski definition) is 3. The number of rotatable bonds is 6. The van der Waals surface area contributed by atoms with E-state index in [4.69, 9.17) is 0 Å². The highest BCUT2D eigenvalue weighted by Crippen LogP contribution is 2.21. The SMILES string of the molecule is O=C(/C=C/c1ccc(O)c(C(=O)I)c1)NCCc1ccc(O)cc1. The van der Waals surface area contributed by atoms with Crippen LogP contribution in [0.1, 0.15) is 21.5 Å². The second kappa shape index (κ2) is 8.49. The van der Waals surface area contributed by atoms with Gasteiger partial charge in [0, 0.05) is 35.2 Å². The van der Waals surface area contributed by atoms with Gasteiger partial charge >= 0.3 is 0 Å². The molecule has 0 aliphatic heterocycles. The molecule has 0 fully saturated rings. The van der Waals surface area contributed by atoms with Crippen molar-refractivity contribution in [1.29, 1.82) is 0 Å². The lowest BCUT2D eigenvalue weighted by molar-refractivity contribution is -0.116. The standard InChI is InChI=1S/C18H16INO4/c19-18(24)15-11-13(3-7-16(15)22)4-8-17(23)20-10-9-12-1-5-14(21)6-2-12/h1-8,11,21-22H,9-10H2,(H,20,23)/b8-4+. The van der Waals surface area contributed by atoms with Crippen molar-refractivity contribution >= 4 is 38.4 Å². The number of phenolic OH excluding ortho intramolecular Hbond substituents is 2.